The van der Waals surface area contributed by atoms with Crippen LogP contribution in [0.2, 0.25) is 0 Å². The maximum absolute atomic E-state index is 10.6. The fourth-order valence-corrected chi connectivity index (χ4v) is 1.64. The van der Waals surface area contributed by atoms with Gasteiger partial charge in [-0.25, -0.2) is 0 Å². The van der Waals surface area contributed by atoms with Gasteiger partial charge in [0.05, 0.1) is 0 Å². The Bertz CT molecular complexity index is 240. The van der Waals surface area contributed by atoms with Crippen LogP contribution in [0.4, 0.5) is 0 Å². The Morgan fingerprint density at radius 1 is 1.30 bits per heavy atom. The monoisotopic (exact) mass is 200 g/mol. The zero-order chi connectivity index (χ0) is 7.56. The van der Waals surface area contributed by atoms with Crippen LogP contribution in [0, 0.1) is 6.92 Å². The fraction of sp³-hybridized carbons (Fsp3) is 0.143. The molecule has 3 heteroatoms. The average Bonchev–Trinajstić information content (AvgIpc) is 1.88. The molecular weight excluding hydrogens is 191 g/mol. The van der Waals surface area contributed by atoms with Crippen LogP contribution >= 0.6 is 0 Å². The molecule has 0 radical (unpaired) electrons. The molecule has 1 aromatic rings. The van der Waals surface area contributed by atoms with Crippen molar-refractivity contribution in [2.75, 3.05) is 0 Å². The molecule has 1 unspecified atom stereocenters. The maximum atomic E-state index is 10.6. The summed E-state index contributed by atoms with van der Waals surface area (Å²) in [5.41, 5.74) is 1.11. The van der Waals surface area contributed by atoms with Crippen LogP contribution < -0.4 is 4.35 Å². The van der Waals surface area contributed by atoms with E-state index in [4.69, 9.17) is 4.10 Å². The third kappa shape index (κ3) is 1.76. The molecule has 0 bridgehead atoms. The quantitative estimate of drug-likeness (QED) is 0.640. The molecule has 2 nitrogen and oxygen atoms in total. The summed E-state index contributed by atoms with van der Waals surface area (Å²) in [6.45, 7) is 1.95. The van der Waals surface area contributed by atoms with E-state index in [1.165, 1.54) is 0 Å². The summed E-state index contributed by atoms with van der Waals surface area (Å²) in [6, 6.07) is 7.10. The van der Waals surface area contributed by atoms with E-state index in [0.29, 0.717) is 4.35 Å². The SMILES string of the molecule is Cc1ccc([AsH](=O)O)cc1. The predicted octanol–water partition coefficient (Wildman–Crippen LogP) is -0.155. The summed E-state index contributed by atoms with van der Waals surface area (Å²) in [7, 11) is 0. The summed E-state index contributed by atoms with van der Waals surface area (Å²) in [5.74, 6) is 0. The van der Waals surface area contributed by atoms with Gasteiger partial charge in [0.2, 0.25) is 0 Å². The number of rotatable bonds is 1. The standard InChI is InChI=1S/C7H9AsO2/c1-6-2-4-7(5-3-6)8(9)10/h2-5,8H,1H3,(H,9,10). The normalized spacial score (nSPS) is 13.0. The van der Waals surface area contributed by atoms with Gasteiger partial charge >= 0.3 is 63.9 Å². The van der Waals surface area contributed by atoms with Crippen LogP contribution in [0.5, 0.6) is 0 Å². The van der Waals surface area contributed by atoms with Crippen LogP contribution in [0.3, 0.4) is 0 Å². The van der Waals surface area contributed by atoms with Gasteiger partial charge < -0.3 is 0 Å². The molecule has 1 rings (SSSR count). The van der Waals surface area contributed by atoms with Crippen molar-refractivity contribution in [1.29, 1.82) is 0 Å². The second kappa shape index (κ2) is 3.09. The second-order valence-corrected chi connectivity index (χ2v) is 4.66. The van der Waals surface area contributed by atoms with Gasteiger partial charge in [0.15, 0.2) is 0 Å². The molecule has 1 N–H and O–H groups in total. The molecule has 1 aromatic carbocycles. The van der Waals surface area contributed by atoms with Crippen molar-refractivity contribution in [3.8, 4) is 0 Å². The van der Waals surface area contributed by atoms with E-state index >= 15 is 0 Å². The van der Waals surface area contributed by atoms with Crippen molar-refractivity contribution >= 4 is 19.3 Å². The molecule has 0 aromatic heterocycles. The minimum atomic E-state index is -3.04. The van der Waals surface area contributed by atoms with Gasteiger partial charge in [-0.1, -0.05) is 0 Å². The molecule has 0 fully saturated rings. The summed E-state index contributed by atoms with van der Waals surface area (Å²) in [4.78, 5) is 0. The van der Waals surface area contributed by atoms with Gasteiger partial charge in [0.1, 0.15) is 0 Å². The Kier molecular flexibility index (Phi) is 2.36. The van der Waals surface area contributed by atoms with Crippen LogP contribution in [-0.4, -0.2) is 19.0 Å². The molecule has 0 amide bonds. The molecule has 0 saturated carbocycles. The Labute approximate surface area is 64.3 Å². The Morgan fingerprint density at radius 2 is 1.80 bits per heavy atom. The van der Waals surface area contributed by atoms with Crippen molar-refractivity contribution in [1.82, 2.24) is 0 Å². The zero-order valence-corrected chi connectivity index (χ0v) is 7.76. The molecule has 10 heavy (non-hydrogen) atoms. The van der Waals surface area contributed by atoms with E-state index in [1.54, 1.807) is 12.1 Å². The van der Waals surface area contributed by atoms with Gasteiger partial charge in [-0.05, 0) is 0 Å². The molecule has 0 spiro atoms. The molecule has 0 saturated heterocycles. The van der Waals surface area contributed by atoms with Crippen molar-refractivity contribution in [2.45, 2.75) is 6.92 Å². The average molecular weight is 200 g/mol. The first-order valence-corrected chi connectivity index (χ1v) is 5.84. The Balaban J connectivity index is 3.00. The first-order valence-electron chi connectivity index (χ1n) is 3.00. The number of hydrogen-bond donors (Lipinski definition) is 1. The molecule has 54 valence electrons. The number of aryl methyl sites for hydroxylation is 1. The summed E-state index contributed by atoms with van der Waals surface area (Å²) in [6.07, 6.45) is 0. The van der Waals surface area contributed by atoms with Crippen molar-refractivity contribution < 1.29 is 7.84 Å². The second-order valence-electron chi connectivity index (χ2n) is 2.17. The van der Waals surface area contributed by atoms with E-state index in [0.717, 1.165) is 5.56 Å². The van der Waals surface area contributed by atoms with E-state index in [-0.39, 0.29) is 0 Å². The van der Waals surface area contributed by atoms with Gasteiger partial charge in [0, 0.05) is 0 Å². The van der Waals surface area contributed by atoms with E-state index < -0.39 is 14.9 Å². The number of benzene rings is 1. The Hall–Kier alpha value is -0.462. The summed E-state index contributed by atoms with van der Waals surface area (Å²) >= 11 is -3.04. The zero-order valence-electron chi connectivity index (χ0n) is 5.66. The van der Waals surface area contributed by atoms with Gasteiger partial charge in [-0.2, -0.15) is 0 Å². The first kappa shape index (κ1) is 7.64. The summed E-state index contributed by atoms with van der Waals surface area (Å²) < 4.78 is 19.9. The summed E-state index contributed by atoms with van der Waals surface area (Å²) in [5, 5.41) is 0. The van der Waals surface area contributed by atoms with Crippen molar-refractivity contribution in [3.05, 3.63) is 29.8 Å². The topological polar surface area (TPSA) is 37.3 Å². The van der Waals surface area contributed by atoms with E-state index in [9.17, 15) is 3.74 Å². The van der Waals surface area contributed by atoms with Crippen molar-refractivity contribution in [3.63, 3.8) is 0 Å². The predicted molar refractivity (Wildman–Crippen MR) is 40.9 cm³/mol. The molecule has 0 aliphatic carbocycles. The molecule has 1 atom stereocenters. The fourth-order valence-electron chi connectivity index (χ4n) is 0.696. The molecule has 0 heterocycles. The van der Waals surface area contributed by atoms with Crippen LogP contribution in [0.15, 0.2) is 24.3 Å². The van der Waals surface area contributed by atoms with Crippen LogP contribution in [0.1, 0.15) is 5.56 Å². The molecule has 0 aliphatic heterocycles. The van der Waals surface area contributed by atoms with Gasteiger partial charge in [-0.15, -0.1) is 0 Å². The molecule has 0 aliphatic rings. The van der Waals surface area contributed by atoms with Crippen molar-refractivity contribution in [2.24, 2.45) is 0 Å². The Morgan fingerprint density at radius 3 is 2.20 bits per heavy atom. The molecular formula is C7H9AsO2. The van der Waals surface area contributed by atoms with Gasteiger partial charge in [-0.3, -0.25) is 0 Å². The first-order chi connectivity index (χ1) is 4.70. The third-order valence-electron chi connectivity index (χ3n) is 1.30. The van der Waals surface area contributed by atoms with Gasteiger partial charge in [0.25, 0.3) is 0 Å². The number of hydrogen-bond acceptors (Lipinski definition) is 1. The minimum absolute atomic E-state index is 0.589. The third-order valence-corrected chi connectivity index (χ3v) is 3.03. The van der Waals surface area contributed by atoms with Crippen LogP contribution in [-0.2, 0) is 3.74 Å². The van der Waals surface area contributed by atoms with E-state index in [2.05, 4.69) is 0 Å². The van der Waals surface area contributed by atoms with Crippen LogP contribution in [0.25, 0.3) is 0 Å². The van der Waals surface area contributed by atoms with E-state index in [1.807, 2.05) is 19.1 Å².